The first-order valence-corrected chi connectivity index (χ1v) is 9.35. The van der Waals surface area contributed by atoms with Crippen molar-refractivity contribution in [2.24, 2.45) is 0 Å². The molecule has 3 aromatic rings. The molecule has 0 fully saturated rings. The number of carbonyl (C=O) groups excluding carboxylic acids is 3. The van der Waals surface area contributed by atoms with Crippen LogP contribution in [0.25, 0.3) is 6.08 Å². The number of esters is 1. The minimum absolute atomic E-state index is 0.119. The summed E-state index contributed by atoms with van der Waals surface area (Å²) in [7, 11) is 0. The number of thiophene rings is 1. The Morgan fingerprint density at radius 3 is 2.39 bits per heavy atom. The van der Waals surface area contributed by atoms with Crippen LogP contribution in [0.2, 0.25) is 0 Å². The summed E-state index contributed by atoms with van der Waals surface area (Å²) in [5, 5.41) is 4.68. The van der Waals surface area contributed by atoms with E-state index in [1.807, 2.05) is 17.5 Å². The summed E-state index contributed by atoms with van der Waals surface area (Å²) >= 11 is 1.55. The summed E-state index contributed by atoms with van der Waals surface area (Å²) in [4.78, 5) is 36.9. The van der Waals surface area contributed by atoms with E-state index in [0.717, 1.165) is 4.88 Å². The third-order valence-electron chi connectivity index (χ3n) is 3.75. The molecule has 0 unspecified atom stereocenters. The molecular weight excluding hydrogens is 374 g/mol. The number of rotatable bonds is 6. The van der Waals surface area contributed by atoms with E-state index in [1.165, 1.54) is 13.0 Å². The topological polar surface area (TPSA) is 72.5 Å². The maximum absolute atomic E-state index is 12.5. The minimum Gasteiger partial charge on any atom is -0.426 e. The van der Waals surface area contributed by atoms with E-state index >= 15 is 0 Å². The second kappa shape index (κ2) is 8.92. The molecule has 1 heterocycles. The van der Waals surface area contributed by atoms with Gasteiger partial charge in [0.25, 0.3) is 5.91 Å². The SMILES string of the molecule is CC(=O)Oc1ccccc1C(=O)Nc1ccc(C(=O)/C=C/c2cccs2)cc1. The lowest BCUT2D eigenvalue weighted by atomic mass is 10.1. The molecule has 0 aliphatic heterocycles. The Labute approximate surface area is 166 Å². The molecule has 0 saturated heterocycles. The molecule has 0 radical (unpaired) electrons. The standard InChI is InChI=1S/C22H17NO4S/c1-15(24)27-21-7-3-2-6-19(21)22(26)23-17-10-8-16(9-11-17)20(25)13-12-18-5-4-14-28-18/h2-14H,1H3,(H,23,26)/b13-12+. The van der Waals surface area contributed by atoms with Gasteiger partial charge in [0.05, 0.1) is 5.56 Å². The van der Waals surface area contributed by atoms with Crippen LogP contribution in [0.5, 0.6) is 5.75 Å². The normalized spacial score (nSPS) is 10.6. The molecule has 5 nitrogen and oxygen atoms in total. The first-order chi connectivity index (χ1) is 13.5. The van der Waals surface area contributed by atoms with Crippen molar-refractivity contribution in [3.05, 3.63) is 88.1 Å². The van der Waals surface area contributed by atoms with Crippen molar-refractivity contribution in [3.63, 3.8) is 0 Å². The van der Waals surface area contributed by atoms with E-state index in [1.54, 1.807) is 65.9 Å². The number of anilines is 1. The van der Waals surface area contributed by atoms with Crippen molar-refractivity contribution in [2.75, 3.05) is 5.32 Å². The summed E-state index contributed by atoms with van der Waals surface area (Å²) in [6.07, 6.45) is 3.30. The van der Waals surface area contributed by atoms with Crippen LogP contribution < -0.4 is 10.1 Å². The van der Waals surface area contributed by atoms with Crippen molar-refractivity contribution < 1.29 is 19.1 Å². The molecule has 0 aliphatic rings. The number of ketones is 1. The molecule has 1 aromatic heterocycles. The third-order valence-corrected chi connectivity index (χ3v) is 4.59. The van der Waals surface area contributed by atoms with Gasteiger partial charge in [0.1, 0.15) is 5.75 Å². The van der Waals surface area contributed by atoms with Crippen LogP contribution in [-0.4, -0.2) is 17.7 Å². The van der Waals surface area contributed by atoms with Gasteiger partial charge in [0, 0.05) is 23.1 Å². The van der Waals surface area contributed by atoms with Crippen LogP contribution in [0.15, 0.2) is 72.1 Å². The highest BCUT2D eigenvalue weighted by molar-refractivity contribution is 7.10. The summed E-state index contributed by atoms with van der Waals surface area (Å²) < 4.78 is 5.06. The fourth-order valence-electron chi connectivity index (χ4n) is 2.45. The van der Waals surface area contributed by atoms with Crippen LogP contribution in [0, 0.1) is 0 Å². The van der Waals surface area contributed by atoms with Gasteiger partial charge in [0.2, 0.25) is 0 Å². The summed E-state index contributed by atoms with van der Waals surface area (Å²) in [6, 6.07) is 16.9. The number of allylic oxidation sites excluding steroid dienone is 1. The number of hydrogen-bond donors (Lipinski definition) is 1. The average molecular weight is 391 g/mol. The van der Waals surface area contributed by atoms with Gasteiger partial charge < -0.3 is 10.1 Å². The third kappa shape index (κ3) is 5.02. The van der Waals surface area contributed by atoms with Gasteiger partial charge in [-0.15, -0.1) is 11.3 Å². The molecule has 2 aromatic carbocycles. The van der Waals surface area contributed by atoms with Gasteiger partial charge in [-0.1, -0.05) is 18.2 Å². The number of amides is 1. The van der Waals surface area contributed by atoms with E-state index in [2.05, 4.69) is 5.32 Å². The van der Waals surface area contributed by atoms with E-state index in [9.17, 15) is 14.4 Å². The largest absolute Gasteiger partial charge is 0.426 e. The van der Waals surface area contributed by atoms with Crippen LogP contribution in [0.4, 0.5) is 5.69 Å². The van der Waals surface area contributed by atoms with E-state index < -0.39 is 11.9 Å². The predicted octanol–water partition coefficient (Wildman–Crippen LogP) is 4.82. The highest BCUT2D eigenvalue weighted by Crippen LogP contribution is 2.20. The lowest BCUT2D eigenvalue weighted by Gasteiger charge is -2.09. The van der Waals surface area contributed by atoms with Gasteiger partial charge in [-0.2, -0.15) is 0 Å². The van der Waals surface area contributed by atoms with E-state index in [-0.39, 0.29) is 17.1 Å². The molecule has 1 N–H and O–H groups in total. The van der Waals surface area contributed by atoms with E-state index in [4.69, 9.17) is 4.74 Å². The number of para-hydroxylation sites is 1. The molecule has 3 rings (SSSR count). The van der Waals surface area contributed by atoms with Crippen LogP contribution >= 0.6 is 11.3 Å². The van der Waals surface area contributed by atoms with Gasteiger partial charge in [0.15, 0.2) is 5.78 Å². The molecule has 0 saturated carbocycles. The van der Waals surface area contributed by atoms with Gasteiger partial charge in [-0.25, -0.2) is 0 Å². The Kier molecular flexibility index (Phi) is 6.14. The Bertz CT molecular complexity index is 1020. The maximum atomic E-state index is 12.5. The zero-order chi connectivity index (χ0) is 19.9. The Morgan fingerprint density at radius 1 is 0.964 bits per heavy atom. The number of ether oxygens (including phenoxy) is 1. The average Bonchev–Trinajstić information content (AvgIpc) is 3.20. The molecule has 140 valence electrons. The molecule has 6 heteroatoms. The Morgan fingerprint density at radius 2 is 1.71 bits per heavy atom. The van der Waals surface area contributed by atoms with Crippen molar-refractivity contribution in [2.45, 2.75) is 6.92 Å². The zero-order valence-electron chi connectivity index (χ0n) is 15.0. The summed E-state index contributed by atoms with van der Waals surface area (Å²) in [5.74, 6) is -0.836. The highest BCUT2D eigenvalue weighted by Gasteiger charge is 2.14. The first kappa shape index (κ1) is 19.3. The van der Waals surface area contributed by atoms with Crippen LogP contribution in [0.3, 0.4) is 0 Å². The second-order valence-corrected chi connectivity index (χ2v) is 6.81. The van der Waals surface area contributed by atoms with Crippen molar-refractivity contribution in [3.8, 4) is 5.75 Å². The predicted molar refractivity (Wildman–Crippen MR) is 110 cm³/mol. The molecule has 0 bridgehead atoms. The quantitative estimate of drug-likeness (QED) is 0.283. The summed E-state index contributed by atoms with van der Waals surface area (Å²) in [6.45, 7) is 1.28. The van der Waals surface area contributed by atoms with Crippen molar-refractivity contribution >= 4 is 40.8 Å². The van der Waals surface area contributed by atoms with Crippen molar-refractivity contribution in [1.82, 2.24) is 0 Å². The Balaban J connectivity index is 1.68. The lowest BCUT2D eigenvalue weighted by molar-refractivity contribution is -0.131. The molecule has 1 amide bonds. The monoisotopic (exact) mass is 391 g/mol. The van der Waals surface area contributed by atoms with Gasteiger partial charge in [-0.05, 0) is 60.0 Å². The van der Waals surface area contributed by atoms with Gasteiger partial charge >= 0.3 is 5.97 Å². The smallest absolute Gasteiger partial charge is 0.308 e. The van der Waals surface area contributed by atoms with Gasteiger partial charge in [-0.3, -0.25) is 14.4 Å². The summed E-state index contributed by atoms with van der Waals surface area (Å²) in [5.41, 5.74) is 1.30. The van der Waals surface area contributed by atoms with E-state index in [0.29, 0.717) is 11.3 Å². The zero-order valence-corrected chi connectivity index (χ0v) is 15.9. The molecule has 0 atom stereocenters. The fraction of sp³-hybridized carbons (Fsp3) is 0.0455. The highest BCUT2D eigenvalue weighted by atomic mass is 32.1. The molecule has 0 aliphatic carbocycles. The molecule has 28 heavy (non-hydrogen) atoms. The maximum Gasteiger partial charge on any atom is 0.308 e. The lowest BCUT2D eigenvalue weighted by Crippen LogP contribution is -2.14. The van der Waals surface area contributed by atoms with Crippen LogP contribution in [-0.2, 0) is 4.79 Å². The first-order valence-electron chi connectivity index (χ1n) is 8.48. The number of nitrogens with one attached hydrogen (secondary N) is 1. The molecule has 0 spiro atoms. The van der Waals surface area contributed by atoms with Crippen LogP contribution in [0.1, 0.15) is 32.5 Å². The second-order valence-electron chi connectivity index (χ2n) is 5.83. The number of benzene rings is 2. The Hall–Kier alpha value is -3.51. The fourth-order valence-corrected chi connectivity index (χ4v) is 3.07. The molecular formula is C22H17NO4S. The number of hydrogen-bond acceptors (Lipinski definition) is 5. The van der Waals surface area contributed by atoms with Crippen molar-refractivity contribution in [1.29, 1.82) is 0 Å². The minimum atomic E-state index is -0.501. The number of carbonyl (C=O) groups is 3.